The number of carbonyl (C=O) groups is 2. The number of rotatable bonds is 3. The molecule has 0 bridgehead atoms. The summed E-state index contributed by atoms with van der Waals surface area (Å²) in [6.07, 6.45) is 0. The molecule has 3 amide bonds. The van der Waals surface area contributed by atoms with Gasteiger partial charge in [0.1, 0.15) is 0 Å². The number of urea groups is 1. The van der Waals surface area contributed by atoms with Gasteiger partial charge in [-0.1, -0.05) is 19.1 Å². The molecule has 0 aromatic heterocycles. The number of benzene rings is 1. The van der Waals surface area contributed by atoms with E-state index in [0.717, 1.165) is 13.1 Å². The van der Waals surface area contributed by atoms with E-state index in [1.807, 2.05) is 12.1 Å². The molecule has 1 aromatic rings. The number of carbonyl (C=O) groups excluding carboxylic acids is 2. The molecule has 3 rings (SSSR count). The van der Waals surface area contributed by atoms with E-state index in [1.54, 1.807) is 0 Å². The van der Waals surface area contributed by atoms with Crippen LogP contribution < -0.4 is 15.1 Å². The standard InChI is InChI=1S/C16H22N4O2/c1-12-10-18(2)13-5-3-4-6-14(13)19(11-12)7-8-20-15(21)9-17-16(20)22/h3-6,12H,7-11H2,1-2H3,(H,17,22)/t12-/m0/s1. The number of hydrogen-bond donors (Lipinski definition) is 1. The summed E-state index contributed by atoms with van der Waals surface area (Å²) in [5.41, 5.74) is 2.37. The van der Waals surface area contributed by atoms with Crippen molar-refractivity contribution >= 4 is 23.3 Å². The molecule has 1 aromatic carbocycles. The van der Waals surface area contributed by atoms with Gasteiger partial charge in [-0.25, -0.2) is 4.79 Å². The van der Waals surface area contributed by atoms with Crippen LogP contribution in [0.1, 0.15) is 6.92 Å². The van der Waals surface area contributed by atoms with E-state index in [0.29, 0.717) is 19.0 Å². The van der Waals surface area contributed by atoms with Crippen molar-refractivity contribution in [2.75, 3.05) is 49.6 Å². The Bertz CT molecular complexity index is 573. The maximum absolute atomic E-state index is 11.7. The Morgan fingerprint density at radius 3 is 2.55 bits per heavy atom. The SMILES string of the molecule is C[C@H]1CN(C)c2ccccc2N(CCN2C(=O)CNC2=O)C1. The summed E-state index contributed by atoms with van der Waals surface area (Å²) >= 11 is 0. The Hall–Kier alpha value is -2.24. The normalized spacial score (nSPS) is 21.7. The van der Waals surface area contributed by atoms with Crippen molar-refractivity contribution in [2.24, 2.45) is 5.92 Å². The lowest BCUT2D eigenvalue weighted by Gasteiger charge is -2.27. The minimum Gasteiger partial charge on any atom is -0.373 e. The van der Waals surface area contributed by atoms with E-state index in [1.165, 1.54) is 16.3 Å². The molecule has 1 fully saturated rings. The molecular formula is C16H22N4O2. The second-order valence-corrected chi connectivity index (χ2v) is 6.12. The molecule has 2 heterocycles. The summed E-state index contributed by atoms with van der Waals surface area (Å²) < 4.78 is 0. The van der Waals surface area contributed by atoms with E-state index in [9.17, 15) is 9.59 Å². The van der Waals surface area contributed by atoms with E-state index >= 15 is 0 Å². The first-order valence-electron chi connectivity index (χ1n) is 7.69. The van der Waals surface area contributed by atoms with Crippen LogP contribution in [0.3, 0.4) is 0 Å². The van der Waals surface area contributed by atoms with Gasteiger partial charge in [0.2, 0.25) is 5.91 Å². The number of para-hydroxylation sites is 2. The smallest absolute Gasteiger partial charge is 0.324 e. The van der Waals surface area contributed by atoms with Gasteiger partial charge in [-0.05, 0) is 18.1 Å². The van der Waals surface area contributed by atoms with E-state index < -0.39 is 0 Å². The molecule has 6 heteroatoms. The summed E-state index contributed by atoms with van der Waals surface area (Å²) in [6.45, 7) is 5.35. The number of hydrogen-bond acceptors (Lipinski definition) is 4. The van der Waals surface area contributed by atoms with Crippen LogP contribution in [0.5, 0.6) is 0 Å². The van der Waals surface area contributed by atoms with Crippen LogP contribution in [0.4, 0.5) is 16.2 Å². The van der Waals surface area contributed by atoms with Crippen LogP contribution in [0.2, 0.25) is 0 Å². The van der Waals surface area contributed by atoms with Crippen molar-refractivity contribution in [1.29, 1.82) is 0 Å². The lowest BCUT2D eigenvalue weighted by molar-refractivity contribution is -0.124. The van der Waals surface area contributed by atoms with Crippen molar-refractivity contribution in [3.63, 3.8) is 0 Å². The van der Waals surface area contributed by atoms with Gasteiger partial charge in [0.15, 0.2) is 0 Å². The highest BCUT2D eigenvalue weighted by molar-refractivity contribution is 6.01. The number of anilines is 2. The van der Waals surface area contributed by atoms with Gasteiger partial charge < -0.3 is 15.1 Å². The third kappa shape index (κ3) is 2.73. The van der Waals surface area contributed by atoms with Gasteiger partial charge in [-0.15, -0.1) is 0 Å². The van der Waals surface area contributed by atoms with Crippen LogP contribution in [0.15, 0.2) is 24.3 Å². The van der Waals surface area contributed by atoms with E-state index in [4.69, 9.17) is 0 Å². The van der Waals surface area contributed by atoms with E-state index in [2.05, 4.69) is 41.2 Å². The third-order valence-corrected chi connectivity index (χ3v) is 4.28. The van der Waals surface area contributed by atoms with Gasteiger partial charge in [0.05, 0.1) is 17.9 Å². The summed E-state index contributed by atoms with van der Waals surface area (Å²) in [5.74, 6) is 0.374. The predicted octanol–water partition coefficient (Wildman–Crippen LogP) is 1.13. The minimum atomic E-state index is -0.279. The van der Waals surface area contributed by atoms with Crippen molar-refractivity contribution in [3.05, 3.63) is 24.3 Å². The van der Waals surface area contributed by atoms with E-state index in [-0.39, 0.29) is 18.5 Å². The average molecular weight is 302 g/mol. The second kappa shape index (κ2) is 5.87. The molecule has 0 saturated carbocycles. The second-order valence-electron chi connectivity index (χ2n) is 6.12. The molecular weight excluding hydrogens is 280 g/mol. The maximum Gasteiger partial charge on any atom is 0.324 e. The Morgan fingerprint density at radius 2 is 1.86 bits per heavy atom. The van der Waals surface area contributed by atoms with Crippen molar-refractivity contribution in [3.8, 4) is 0 Å². The third-order valence-electron chi connectivity index (χ3n) is 4.28. The molecule has 0 radical (unpaired) electrons. The summed E-state index contributed by atoms with van der Waals surface area (Å²) in [6, 6.07) is 8.02. The van der Waals surface area contributed by atoms with Gasteiger partial charge in [0.25, 0.3) is 0 Å². The zero-order chi connectivity index (χ0) is 15.7. The zero-order valence-electron chi connectivity index (χ0n) is 13.1. The van der Waals surface area contributed by atoms with Crippen molar-refractivity contribution in [1.82, 2.24) is 10.2 Å². The van der Waals surface area contributed by atoms with Crippen LogP contribution in [0.25, 0.3) is 0 Å². The number of nitrogens with one attached hydrogen (secondary N) is 1. The molecule has 0 unspecified atom stereocenters. The van der Waals surface area contributed by atoms with Crippen molar-refractivity contribution < 1.29 is 9.59 Å². The quantitative estimate of drug-likeness (QED) is 0.851. The number of amides is 3. The average Bonchev–Trinajstić information content (AvgIpc) is 2.75. The number of imide groups is 1. The largest absolute Gasteiger partial charge is 0.373 e. The molecule has 22 heavy (non-hydrogen) atoms. The zero-order valence-corrected chi connectivity index (χ0v) is 13.1. The fourth-order valence-corrected chi connectivity index (χ4v) is 3.27. The summed E-state index contributed by atoms with van der Waals surface area (Å²) in [4.78, 5) is 29.2. The molecule has 0 spiro atoms. The van der Waals surface area contributed by atoms with Gasteiger partial charge in [-0.2, -0.15) is 0 Å². The number of nitrogens with zero attached hydrogens (tertiary/aromatic N) is 3. The molecule has 0 aliphatic carbocycles. The highest BCUT2D eigenvalue weighted by Gasteiger charge is 2.29. The van der Waals surface area contributed by atoms with Crippen LogP contribution in [0, 0.1) is 5.92 Å². The minimum absolute atomic E-state index is 0.120. The fraction of sp³-hybridized carbons (Fsp3) is 0.500. The Morgan fingerprint density at radius 1 is 1.14 bits per heavy atom. The van der Waals surface area contributed by atoms with Gasteiger partial charge in [0, 0.05) is 33.2 Å². The highest BCUT2D eigenvalue weighted by atomic mass is 16.2. The predicted molar refractivity (Wildman–Crippen MR) is 86.2 cm³/mol. The summed E-state index contributed by atoms with van der Waals surface area (Å²) in [7, 11) is 2.11. The van der Waals surface area contributed by atoms with Crippen LogP contribution >= 0.6 is 0 Å². The van der Waals surface area contributed by atoms with Crippen LogP contribution in [-0.2, 0) is 4.79 Å². The Labute approximate surface area is 130 Å². The van der Waals surface area contributed by atoms with Crippen LogP contribution in [-0.4, -0.2) is 56.6 Å². The van der Waals surface area contributed by atoms with Crippen molar-refractivity contribution in [2.45, 2.75) is 6.92 Å². The molecule has 1 N–H and O–H groups in total. The lowest BCUT2D eigenvalue weighted by atomic mass is 10.1. The summed E-state index contributed by atoms with van der Waals surface area (Å²) in [5, 5.41) is 2.57. The monoisotopic (exact) mass is 302 g/mol. The molecule has 2 aliphatic heterocycles. The Balaban J connectivity index is 1.78. The first-order chi connectivity index (χ1) is 10.6. The lowest BCUT2D eigenvalue weighted by Crippen LogP contribution is -2.40. The Kier molecular flexibility index (Phi) is 3.92. The molecule has 118 valence electrons. The first-order valence-corrected chi connectivity index (χ1v) is 7.69. The molecule has 1 atom stereocenters. The molecule has 2 aliphatic rings. The first kappa shape index (κ1) is 14.7. The number of fused-ring (bicyclic) bond motifs is 1. The molecule has 1 saturated heterocycles. The fourth-order valence-electron chi connectivity index (χ4n) is 3.27. The van der Waals surface area contributed by atoms with Gasteiger partial charge in [-0.3, -0.25) is 9.69 Å². The molecule has 6 nitrogen and oxygen atoms in total. The maximum atomic E-state index is 11.7. The highest BCUT2D eigenvalue weighted by Crippen LogP contribution is 2.32. The van der Waals surface area contributed by atoms with Gasteiger partial charge >= 0.3 is 6.03 Å². The topological polar surface area (TPSA) is 55.9 Å².